The second-order valence-electron chi connectivity index (χ2n) is 4.57. The van der Waals surface area contributed by atoms with Crippen LogP contribution >= 0.6 is 23.5 Å². The van der Waals surface area contributed by atoms with Crippen LogP contribution in [0.25, 0.3) is 0 Å². The second kappa shape index (κ2) is 7.43. The van der Waals surface area contributed by atoms with Gasteiger partial charge in [-0.05, 0) is 36.4 Å². The molecule has 1 nitrogen and oxygen atoms in total. The predicted octanol–water partition coefficient (Wildman–Crippen LogP) is 5.73. The molecule has 0 saturated carbocycles. The van der Waals surface area contributed by atoms with Gasteiger partial charge < -0.3 is 4.42 Å². The summed E-state index contributed by atoms with van der Waals surface area (Å²) in [6.45, 7) is 0. The second-order valence-corrected chi connectivity index (χ2v) is 7.43. The molecule has 21 heavy (non-hydrogen) atoms. The van der Waals surface area contributed by atoms with Gasteiger partial charge >= 0.3 is 0 Å². The lowest BCUT2D eigenvalue weighted by molar-refractivity contribution is 0.515. The number of thioether (sulfide) groups is 2. The van der Waals surface area contributed by atoms with E-state index < -0.39 is 0 Å². The summed E-state index contributed by atoms with van der Waals surface area (Å²) < 4.78 is 5.90. The minimum atomic E-state index is 0.390. The molecule has 0 saturated heterocycles. The summed E-state index contributed by atoms with van der Waals surface area (Å²) in [7, 11) is 0. The molecule has 0 fully saturated rings. The summed E-state index contributed by atoms with van der Waals surface area (Å²) in [4.78, 5) is 2.58. The van der Waals surface area contributed by atoms with Crippen LogP contribution in [-0.4, -0.2) is 4.58 Å². The van der Waals surface area contributed by atoms with Gasteiger partial charge in [-0.3, -0.25) is 0 Å². The van der Waals surface area contributed by atoms with E-state index in [4.69, 9.17) is 4.42 Å². The van der Waals surface area contributed by atoms with Crippen LogP contribution in [0.2, 0.25) is 0 Å². The first-order valence-corrected chi connectivity index (χ1v) is 8.62. The van der Waals surface area contributed by atoms with Crippen molar-refractivity contribution in [1.82, 2.24) is 0 Å². The monoisotopic (exact) mass is 312 g/mol. The Morgan fingerprint density at radius 1 is 0.714 bits per heavy atom. The Bertz CT molecular complexity index is 594. The first kappa shape index (κ1) is 14.4. The molecule has 0 aliphatic carbocycles. The maximum Gasteiger partial charge on any atom is 0.105 e. The maximum absolute atomic E-state index is 5.51. The van der Waals surface area contributed by atoms with Gasteiger partial charge in [0.15, 0.2) is 0 Å². The van der Waals surface area contributed by atoms with Crippen molar-refractivity contribution in [3.63, 3.8) is 0 Å². The molecule has 2 aromatic carbocycles. The minimum absolute atomic E-state index is 0.390. The van der Waals surface area contributed by atoms with Gasteiger partial charge in [0.1, 0.15) is 5.76 Å². The van der Waals surface area contributed by atoms with Gasteiger partial charge in [-0.1, -0.05) is 36.4 Å². The first-order valence-electron chi connectivity index (χ1n) is 6.86. The molecule has 0 N–H and O–H groups in total. The van der Waals surface area contributed by atoms with Crippen LogP contribution < -0.4 is 0 Å². The van der Waals surface area contributed by atoms with Gasteiger partial charge in [0.25, 0.3) is 0 Å². The van der Waals surface area contributed by atoms with Crippen molar-refractivity contribution in [3.8, 4) is 0 Å². The molecule has 3 heteroatoms. The molecule has 1 heterocycles. The van der Waals surface area contributed by atoms with Crippen LogP contribution in [0.4, 0.5) is 0 Å². The van der Waals surface area contributed by atoms with Gasteiger partial charge in [0.05, 0.1) is 10.8 Å². The molecule has 0 aliphatic heterocycles. The van der Waals surface area contributed by atoms with Crippen molar-refractivity contribution < 1.29 is 4.42 Å². The van der Waals surface area contributed by atoms with Gasteiger partial charge in [0, 0.05) is 16.2 Å². The molecular weight excluding hydrogens is 296 g/mol. The summed E-state index contributed by atoms with van der Waals surface area (Å²) in [5.74, 6) is 1.03. The largest absolute Gasteiger partial charge is 0.469 e. The fourth-order valence-corrected chi connectivity index (χ4v) is 4.59. The summed E-state index contributed by atoms with van der Waals surface area (Å²) in [5.41, 5.74) is 0. The van der Waals surface area contributed by atoms with E-state index in [1.807, 2.05) is 35.7 Å². The van der Waals surface area contributed by atoms with Gasteiger partial charge in [-0.15, -0.1) is 23.5 Å². The highest BCUT2D eigenvalue weighted by molar-refractivity contribution is 8.17. The summed E-state index contributed by atoms with van der Waals surface area (Å²) in [6, 6.07) is 25.1. The zero-order chi connectivity index (χ0) is 14.3. The maximum atomic E-state index is 5.51. The molecule has 3 rings (SSSR count). The molecule has 0 aliphatic rings. The van der Waals surface area contributed by atoms with E-state index in [1.165, 1.54) is 9.79 Å². The average Bonchev–Trinajstić information content (AvgIpc) is 3.02. The van der Waals surface area contributed by atoms with Crippen molar-refractivity contribution in [3.05, 3.63) is 84.8 Å². The highest BCUT2D eigenvalue weighted by atomic mass is 32.2. The Hall–Kier alpha value is -1.58. The average molecular weight is 312 g/mol. The lowest BCUT2D eigenvalue weighted by atomic mass is 10.4. The van der Waals surface area contributed by atoms with Crippen LogP contribution in [0.1, 0.15) is 5.76 Å². The third-order valence-electron chi connectivity index (χ3n) is 2.97. The smallest absolute Gasteiger partial charge is 0.105 e. The Balaban J connectivity index is 1.74. The molecule has 1 aromatic heterocycles. The predicted molar refractivity (Wildman–Crippen MR) is 90.8 cm³/mol. The Kier molecular flexibility index (Phi) is 5.08. The van der Waals surface area contributed by atoms with Gasteiger partial charge in [-0.25, -0.2) is 0 Å². The van der Waals surface area contributed by atoms with Crippen molar-refractivity contribution in [2.75, 3.05) is 0 Å². The summed E-state index contributed by atoms with van der Waals surface area (Å²) >= 11 is 3.77. The van der Waals surface area contributed by atoms with E-state index in [0.29, 0.717) is 4.58 Å². The lowest BCUT2D eigenvalue weighted by Crippen LogP contribution is -2.01. The topological polar surface area (TPSA) is 13.1 Å². The quantitative estimate of drug-likeness (QED) is 0.426. The normalized spacial score (nSPS) is 10.9. The third kappa shape index (κ3) is 4.45. The van der Waals surface area contributed by atoms with Crippen LogP contribution in [0, 0.1) is 0 Å². The van der Waals surface area contributed by atoms with E-state index >= 15 is 0 Å². The Morgan fingerprint density at radius 2 is 1.29 bits per heavy atom. The van der Waals surface area contributed by atoms with Crippen LogP contribution in [0.5, 0.6) is 0 Å². The highest BCUT2D eigenvalue weighted by Gasteiger charge is 2.14. The van der Waals surface area contributed by atoms with Crippen LogP contribution in [0.15, 0.2) is 93.3 Å². The molecule has 3 aromatic rings. The van der Waals surface area contributed by atoms with E-state index in [2.05, 4.69) is 60.7 Å². The van der Waals surface area contributed by atoms with Gasteiger partial charge in [0.2, 0.25) is 0 Å². The molecule has 0 spiro atoms. The highest BCUT2D eigenvalue weighted by Crippen LogP contribution is 2.37. The van der Waals surface area contributed by atoms with Crippen molar-refractivity contribution in [1.29, 1.82) is 0 Å². The van der Waals surface area contributed by atoms with Crippen LogP contribution in [0.3, 0.4) is 0 Å². The SMILES string of the molecule is c1ccc(SC(Cc2ccco2)Sc2ccccc2)cc1. The van der Waals surface area contributed by atoms with E-state index in [-0.39, 0.29) is 0 Å². The van der Waals surface area contributed by atoms with Crippen molar-refractivity contribution in [2.24, 2.45) is 0 Å². The fraction of sp³-hybridized carbons (Fsp3) is 0.111. The molecular formula is C18H16OS2. The number of rotatable bonds is 6. The molecule has 0 bridgehead atoms. The van der Waals surface area contributed by atoms with E-state index in [9.17, 15) is 0 Å². The zero-order valence-electron chi connectivity index (χ0n) is 11.5. The molecule has 0 unspecified atom stereocenters. The first-order chi connectivity index (χ1) is 10.4. The summed E-state index contributed by atoms with van der Waals surface area (Å²) in [5, 5.41) is 0. The Morgan fingerprint density at radius 3 is 1.76 bits per heavy atom. The van der Waals surface area contributed by atoms with E-state index in [0.717, 1.165) is 12.2 Å². The number of hydrogen-bond acceptors (Lipinski definition) is 3. The number of hydrogen-bond donors (Lipinski definition) is 0. The van der Waals surface area contributed by atoms with Crippen LogP contribution in [-0.2, 0) is 6.42 Å². The summed E-state index contributed by atoms with van der Waals surface area (Å²) in [6.07, 6.45) is 2.65. The molecule has 0 atom stereocenters. The number of benzene rings is 2. The van der Waals surface area contributed by atoms with Crippen molar-refractivity contribution >= 4 is 23.5 Å². The molecule has 0 amide bonds. The van der Waals surface area contributed by atoms with Gasteiger partial charge in [-0.2, -0.15) is 0 Å². The number of furan rings is 1. The fourth-order valence-electron chi connectivity index (χ4n) is 2.00. The lowest BCUT2D eigenvalue weighted by Gasteiger charge is -2.15. The van der Waals surface area contributed by atoms with Crippen molar-refractivity contribution in [2.45, 2.75) is 20.8 Å². The Labute approximate surface area is 133 Å². The third-order valence-corrected chi connectivity index (χ3v) is 5.49. The van der Waals surface area contributed by atoms with E-state index in [1.54, 1.807) is 6.26 Å². The zero-order valence-corrected chi connectivity index (χ0v) is 13.1. The molecule has 0 radical (unpaired) electrons. The standard InChI is InChI=1S/C18H16OS2/c1-3-9-16(10-4-1)20-18(14-15-8-7-13-19-15)21-17-11-5-2-6-12-17/h1-13,18H,14H2. The minimum Gasteiger partial charge on any atom is -0.469 e. The molecule has 106 valence electrons.